The molecule has 0 atom stereocenters. The van der Waals surface area contributed by atoms with E-state index in [2.05, 4.69) is 9.68 Å². The minimum absolute atomic E-state index is 0.167. The van der Waals surface area contributed by atoms with Gasteiger partial charge in [-0.15, -0.1) is 0 Å². The smallest absolute Gasteiger partial charge is 0.374 e. The summed E-state index contributed by atoms with van der Waals surface area (Å²) in [4.78, 5) is 10.7. The van der Waals surface area contributed by atoms with Crippen molar-refractivity contribution in [3.8, 4) is 11.3 Å². The van der Waals surface area contributed by atoms with Crippen molar-refractivity contribution in [1.29, 1.82) is 0 Å². The SMILES string of the molecule is Cn1ccc2c(F)c(-c3cc(C(=O)O)on3)ccc21. The number of fused-ring (bicyclic) bond motifs is 1. The van der Waals surface area contributed by atoms with Gasteiger partial charge in [-0.1, -0.05) is 5.16 Å². The third kappa shape index (κ3) is 1.69. The highest BCUT2D eigenvalue weighted by molar-refractivity contribution is 5.88. The molecule has 19 heavy (non-hydrogen) atoms. The van der Waals surface area contributed by atoms with Gasteiger partial charge in [0.25, 0.3) is 0 Å². The molecule has 6 heteroatoms. The van der Waals surface area contributed by atoms with E-state index in [1.165, 1.54) is 6.07 Å². The average molecular weight is 260 g/mol. The third-order valence-corrected chi connectivity index (χ3v) is 3.00. The molecule has 0 radical (unpaired) electrons. The standard InChI is InChI=1S/C13H9FN2O3/c1-16-5-4-8-10(16)3-2-7(12(8)14)9-6-11(13(17)18)19-15-9/h2-6H,1H3,(H,17,18). The number of rotatable bonds is 2. The lowest BCUT2D eigenvalue weighted by atomic mass is 10.1. The van der Waals surface area contributed by atoms with Crippen LogP contribution >= 0.6 is 0 Å². The number of aryl methyl sites for hydroxylation is 1. The predicted molar refractivity (Wildman–Crippen MR) is 65.3 cm³/mol. The molecule has 0 amide bonds. The Balaban J connectivity index is 2.19. The van der Waals surface area contributed by atoms with Crippen molar-refractivity contribution >= 4 is 16.9 Å². The fourth-order valence-corrected chi connectivity index (χ4v) is 2.02. The fourth-order valence-electron chi connectivity index (χ4n) is 2.02. The molecule has 1 aromatic carbocycles. The van der Waals surface area contributed by atoms with E-state index in [9.17, 15) is 9.18 Å². The Morgan fingerprint density at radius 3 is 2.89 bits per heavy atom. The van der Waals surface area contributed by atoms with E-state index in [-0.39, 0.29) is 17.0 Å². The van der Waals surface area contributed by atoms with Crippen molar-refractivity contribution in [2.24, 2.45) is 7.05 Å². The number of carbonyl (C=O) groups is 1. The number of halogens is 1. The number of carboxylic acid groups (broad SMARTS) is 1. The lowest BCUT2D eigenvalue weighted by Gasteiger charge is -2.01. The van der Waals surface area contributed by atoms with Crippen LogP contribution in [0.15, 0.2) is 35.0 Å². The lowest BCUT2D eigenvalue weighted by Crippen LogP contribution is -1.92. The first-order chi connectivity index (χ1) is 9.08. The summed E-state index contributed by atoms with van der Waals surface area (Å²) in [7, 11) is 1.82. The molecule has 0 fully saturated rings. The summed E-state index contributed by atoms with van der Waals surface area (Å²) in [5.41, 5.74) is 1.14. The van der Waals surface area contributed by atoms with Gasteiger partial charge in [0.2, 0.25) is 5.76 Å². The maximum atomic E-state index is 14.3. The molecule has 2 aromatic heterocycles. The molecular formula is C13H9FN2O3. The highest BCUT2D eigenvalue weighted by Crippen LogP contribution is 2.29. The van der Waals surface area contributed by atoms with Crippen LogP contribution in [0.4, 0.5) is 4.39 Å². The minimum Gasteiger partial charge on any atom is -0.475 e. The first-order valence-electron chi connectivity index (χ1n) is 5.52. The number of aromatic nitrogens is 2. The summed E-state index contributed by atoms with van der Waals surface area (Å²) < 4.78 is 20.8. The van der Waals surface area contributed by atoms with Crippen LogP contribution in [0.5, 0.6) is 0 Å². The summed E-state index contributed by atoms with van der Waals surface area (Å²) in [6, 6.07) is 6.17. The number of hydrogen-bond donors (Lipinski definition) is 1. The molecule has 2 heterocycles. The lowest BCUT2D eigenvalue weighted by molar-refractivity contribution is 0.0652. The maximum absolute atomic E-state index is 14.3. The Labute approximate surface area is 106 Å². The number of carboxylic acids is 1. The van der Waals surface area contributed by atoms with Gasteiger partial charge < -0.3 is 14.2 Å². The molecule has 1 N–H and O–H groups in total. The molecule has 0 aliphatic heterocycles. The van der Waals surface area contributed by atoms with Crippen LogP contribution in [0, 0.1) is 5.82 Å². The summed E-state index contributed by atoms with van der Waals surface area (Å²) in [6.45, 7) is 0. The van der Waals surface area contributed by atoms with Gasteiger partial charge in [-0.25, -0.2) is 9.18 Å². The van der Waals surface area contributed by atoms with Crippen LogP contribution in [0.25, 0.3) is 22.2 Å². The molecule has 0 saturated carbocycles. The summed E-state index contributed by atoms with van der Waals surface area (Å²) >= 11 is 0. The van der Waals surface area contributed by atoms with Gasteiger partial charge in [0.05, 0.1) is 5.52 Å². The van der Waals surface area contributed by atoms with E-state index in [1.807, 2.05) is 7.05 Å². The molecule has 0 spiro atoms. The van der Waals surface area contributed by atoms with Gasteiger partial charge >= 0.3 is 5.97 Å². The first-order valence-corrected chi connectivity index (χ1v) is 5.52. The summed E-state index contributed by atoms with van der Waals surface area (Å²) in [5, 5.41) is 12.8. The van der Waals surface area contributed by atoms with E-state index in [1.54, 1.807) is 29.0 Å². The van der Waals surface area contributed by atoms with Crippen LogP contribution in [-0.4, -0.2) is 20.8 Å². The molecule has 0 aliphatic carbocycles. The molecular weight excluding hydrogens is 251 g/mol. The van der Waals surface area contributed by atoms with Crippen molar-refractivity contribution in [3.05, 3.63) is 42.0 Å². The Morgan fingerprint density at radius 2 is 2.21 bits per heavy atom. The van der Waals surface area contributed by atoms with Crippen molar-refractivity contribution < 1.29 is 18.8 Å². The number of aromatic carboxylic acids is 1. The molecule has 0 saturated heterocycles. The van der Waals surface area contributed by atoms with Crippen LogP contribution < -0.4 is 0 Å². The van der Waals surface area contributed by atoms with Gasteiger partial charge in [0.1, 0.15) is 11.5 Å². The second kappa shape index (κ2) is 3.94. The summed E-state index contributed by atoms with van der Waals surface area (Å²) in [5.74, 6) is -1.99. The second-order valence-corrected chi connectivity index (χ2v) is 4.17. The second-order valence-electron chi connectivity index (χ2n) is 4.17. The topological polar surface area (TPSA) is 68.3 Å². The van der Waals surface area contributed by atoms with Crippen LogP contribution in [0.2, 0.25) is 0 Å². The number of benzene rings is 1. The van der Waals surface area contributed by atoms with Crippen molar-refractivity contribution in [2.45, 2.75) is 0 Å². The number of hydrogen-bond acceptors (Lipinski definition) is 3. The molecule has 0 aliphatic rings. The van der Waals surface area contributed by atoms with Crippen molar-refractivity contribution in [1.82, 2.24) is 9.72 Å². The minimum atomic E-state index is -1.24. The monoisotopic (exact) mass is 260 g/mol. The van der Waals surface area contributed by atoms with Gasteiger partial charge in [0, 0.05) is 30.3 Å². The fraction of sp³-hybridized carbons (Fsp3) is 0.0769. The quantitative estimate of drug-likeness (QED) is 0.769. The van der Waals surface area contributed by atoms with Crippen LogP contribution in [-0.2, 0) is 7.05 Å². The Hall–Kier alpha value is -2.63. The zero-order chi connectivity index (χ0) is 13.6. The van der Waals surface area contributed by atoms with Gasteiger partial charge in [-0.2, -0.15) is 0 Å². The van der Waals surface area contributed by atoms with E-state index < -0.39 is 11.8 Å². The van der Waals surface area contributed by atoms with Crippen molar-refractivity contribution in [2.75, 3.05) is 0 Å². The predicted octanol–water partition coefficient (Wildman–Crippen LogP) is 2.67. The van der Waals surface area contributed by atoms with E-state index in [0.717, 1.165) is 5.52 Å². The Kier molecular flexibility index (Phi) is 2.38. The zero-order valence-electron chi connectivity index (χ0n) is 9.92. The molecule has 3 rings (SSSR count). The van der Waals surface area contributed by atoms with Gasteiger partial charge in [0.15, 0.2) is 0 Å². The highest BCUT2D eigenvalue weighted by Gasteiger charge is 2.17. The van der Waals surface area contributed by atoms with Gasteiger partial charge in [-0.3, -0.25) is 0 Å². The molecule has 3 aromatic rings. The van der Waals surface area contributed by atoms with E-state index >= 15 is 0 Å². The maximum Gasteiger partial charge on any atom is 0.374 e. The van der Waals surface area contributed by atoms with Gasteiger partial charge in [-0.05, 0) is 18.2 Å². The van der Waals surface area contributed by atoms with Crippen molar-refractivity contribution in [3.63, 3.8) is 0 Å². The van der Waals surface area contributed by atoms with E-state index in [4.69, 9.17) is 5.11 Å². The third-order valence-electron chi connectivity index (χ3n) is 3.00. The largest absolute Gasteiger partial charge is 0.475 e. The zero-order valence-corrected chi connectivity index (χ0v) is 9.92. The highest BCUT2D eigenvalue weighted by atomic mass is 19.1. The molecule has 0 bridgehead atoms. The van der Waals surface area contributed by atoms with Crippen LogP contribution in [0.3, 0.4) is 0 Å². The molecule has 5 nitrogen and oxygen atoms in total. The summed E-state index contributed by atoms with van der Waals surface area (Å²) in [6.07, 6.45) is 1.75. The number of nitrogens with zero attached hydrogens (tertiary/aromatic N) is 2. The normalized spacial score (nSPS) is 11.1. The Morgan fingerprint density at radius 1 is 1.42 bits per heavy atom. The Bertz CT molecular complexity index is 788. The molecule has 0 unspecified atom stereocenters. The average Bonchev–Trinajstić information content (AvgIpc) is 2.98. The molecule has 96 valence electrons. The first kappa shape index (κ1) is 11.5. The van der Waals surface area contributed by atoms with E-state index in [0.29, 0.717) is 5.39 Å². The van der Waals surface area contributed by atoms with Crippen LogP contribution in [0.1, 0.15) is 10.6 Å².